The molecular formula is C16H28BrN3. The topological polar surface area (TPSA) is 29.9 Å². The molecule has 114 valence electrons. The minimum absolute atomic E-state index is 0.408. The summed E-state index contributed by atoms with van der Waals surface area (Å²) in [5, 5.41) is 8.23. The maximum Gasteiger partial charge on any atom is 0.0738 e. The molecular weight excluding hydrogens is 314 g/mol. The van der Waals surface area contributed by atoms with Crippen LogP contribution < -0.4 is 5.32 Å². The average Bonchev–Trinajstić information content (AvgIpc) is 2.64. The van der Waals surface area contributed by atoms with Gasteiger partial charge < -0.3 is 5.32 Å². The number of rotatable bonds is 5. The van der Waals surface area contributed by atoms with Gasteiger partial charge in [-0.1, -0.05) is 33.1 Å². The van der Waals surface area contributed by atoms with Crippen molar-refractivity contribution in [2.75, 3.05) is 6.54 Å². The summed E-state index contributed by atoms with van der Waals surface area (Å²) in [5.74, 6) is 0. The highest BCUT2D eigenvalue weighted by molar-refractivity contribution is 9.10. The fraction of sp³-hybridized carbons (Fsp3) is 0.812. The Morgan fingerprint density at radius 1 is 1.30 bits per heavy atom. The molecule has 20 heavy (non-hydrogen) atoms. The molecule has 1 aromatic rings. The maximum atomic E-state index is 4.55. The summed E-state index contributed by atoms with van der Waals surface area (Å²) in [6, 6.07) is 0.561. The summed E-state index contributed by atoms with van der Waals surface area (Å²) >= 11 is 3.73. The third-order valence-electron chi connectivity index (χ3n) is 4.60. The van der Waals surface area contributed by atoms with E-state index >= 15 is 0 Å². The van der Waals surface area contributed by atoms with Crippen LogP contribution in [0.4, 0.5) is 0 Å². The molecule has 0 unspecified atom stereocenters. The van der Waals surface area contributed by atoms with E-state index in [0.717, 1.165) is 18.7 Å². The van der Waals surface area contributed by atoms with Crippen molar-refractivity contribution in [2.24, 2.45) is 12.5 Å². The summed E-state index contributed by atoms with van der Waals surface area (Å²) in [4.78, 5) is 0. The van der Waals surface area contributed by atoms with Crippen LogP contribution in [0.15, 0.2) is 4.47 Å². The van der Waals surface area contributed by atoms with Crippen molar-refractivity contribution in [3.05, 3.63) is 15.9 Å². The van der Waals surface area contributed by atoms with Crippen molar-refractivity contribution < 1.29 is 0 Å². The van der Waals surface area contributed by atoms with E-state index in [9.17, 15) is 0 Å². The van der Waals surface area contributed by atoms with Gasteiger partial charge in [-0.25, -0.2) is 0 Å². The first-order valence-corrected chi connectivity index (χ1v) is 8.64. The highest BCUT2D eigenvalue weighted by Crippen LogP contribution is 2.40. The van der Waals surface area contributed by atoms with E-state index < -0.39 is 0 Å². The Morgan fingerprint density at radius 2 is 1.95 bits per heavy atom. The first-order chi connectivity index (χ1) is 9.43. The van der Waals surface area contributed by atoms with Crippen LogP contribution in [-0.2, 0) is 13.5 Å². The second kappa shape index (κ2) is 6.61. The van der Waals surface area contributed by atoms with E-state index in [0.29, 0.717) is 11.5 Å². The molecule has 0 spiro atoms. The van der Waals surface area contributed by atoms with Crippen LogP contribution in [0, 0.1) is 12.3 Å². The van der Waals surface area contributed by atoms with Crippen LogP contribution in [0.2, 0.25) is 0 Å². The van der Waals surface area contributed by atoms with Gasteiger partial charge in [-0.3, -0.25) is 4.68 Å². The average molecular weight is 342 g/mol. The lowest BCUT2D eigenvalue weighted by Crippen LogP contribution is -2.41. The lowest BCUT2D eigenvalue weighted by molar-refractivity contribution is 0.173. The predicted molar refractivity (Wildman–Crippen MR) is 88.0 cm³/mol. The van der Waals surface area contributed by atoms with Gasteiger partial charge in [-0.2, -0.15) is 5.10 Å². The number of aromatic nitrogens is 2. The molecule has 2 rings (SSSR count). The van der Waals surface area contributed by atoms with E-state index in [1.807, 2.05) is 0 Å². The quantitative estimate of drug-likeness (QED) is 0.877. The summed E-state index contributed by atoms with van der Waals surface area (Å²) in [6.45, 7) is 7.68. The van der Waals surface area contributed by atoms with Gasteiger partial charge in [0.25, 0.3) is 0 Å². The fourth-order valence-electron chi connectivity index (χ4n) is 3.37. The van der Waals surface area contributed by atoms with Crippen molar-refractivity contribution >= 4 is 15.9 Å². The van der Waals surface area contributed by atoms with Crippen LogP contribution >= 0.6 is 15.9 Å². The largest absolute Gasteiger partial charge is 0.314 e. The zero-order valence-electron chi connectivity index (χ0n) is 13.3. The Bertz CT molecular complexity index is 445. The summed E-state index contributed by atoms with van der Waals surface area (Å²) in [7, 11) is 2.07. The second-order valence-corrected chi connectivity index (χ2v) is 7.54. The molecule has 1 aliphatic carbocycles. The smallest absolute Gasteiger partial charge is 0.0738 e. The van der Waals surface area contributed by atoms with E-state index in [-0.39, 0.29) is 0 Å². The monoisotopic (exact) mass is 341 g/mol. The van der Waals surface area contributed by atoms with Crippen LogP contribution in [0.3, 0.4) is 0 Å². The SMILES string of the molecule is Cc1nn(C)c(CC2(CNC(C)C)CCCCC2)c1Br. The van der Waals surface area contributed by atoms with E-state index in [1.165, 1.54) is 42.3 Å². The van der Waals surface area contributed by atoms with Gasteiger partial charge in [0.2, 0.25) is 0 Å². The van der Waals surface area contributed by atoms with Gasteiger partial charge in [-0.05, 0) is 47.5 Å². The summed E-state index contributed by atoms with van der Waals surface area (Å²) < 4.78 is 3.26. The van der Waals surface area contributed by atoms with Crippen LogP contribution in [0.5, 0.6) is 0 Å². The van der Waals surface area contributed by atoms with Crippen molar-refractivity contribution in [1.82, 2.24) is 15.1 Å². The zero-order valence-corrected chi connectivity index (χ0v) is 14.9. The van der Waals surface area contributed by atoms with Crippen molar-refractivity contribution in [1.29, 1.82) is 0 Å². The van der Waals surface area contributed by atoms with Gasteiger partial charge in [0.1, 0.15) is 0 Å². The Kier molecular flexibility index (Phi) is 5.30. The van der Waals surface area contributed by atoms with Gasteiger partial charge in [-0.15, -0.1) is 0 Å². The molecule has 0 amide bonds. The summed E-state index contributed by atoms with van der Waals surface area (Å²) in [5.41, 5.74) is 2.87. The van der Waals surface area contributed by atoms with Gasteiger partial charge in [0, 0.05) is 19.6 Å². The molecule has 1 saturated carbocycles. The third-order valence-corrected chi connectivity index (χ3v) is 5.64. The molecule has 0 aliphatic heterocycles. The number of aryl methyl sites for hydroxylation is 2. The highest BCUT2D eigenvalue weighted by atomic mass is 79.9. The zero-order chi connectivity index (χ0) is 14.8. The third kappa shape index (κ3) is 3.64. The van der Waals surface area contributed by atoms with Gasteiger partial charge in [0.05, 0.1) is 15.9 Å². The van der Waals surface area contributed by atoms with Crippen LogP contribution in [0.25, 0.3) is 0 Å². The first kappa shape index (κ1) is 16.0. The minimum atomic E-state index is 0.408. The molecule has 0 radical (unpaired) electrons. The lowest BCUT2D eigenvalue weighted by atomic mass is 9.71. The number of hydrogen-bond donors (Lipinski definition) is 1. The number of hydrogen-bond acceptors (Lipinski definition) is 2. The predicted octanol–water partition coefficient (Wildman–Crippen LogP) is 3.98. The first-order valence-electron chi connectivity index (χ1n) is 7.85. The summed E-state index contributed by atoms with van der Waals surface area (Å²) in [6.07, 6.45) is 7.94. The molecule has 0 atom stereocenters. The highest BCUT2D eigenvalue weighted by Gasteiger charge is 2.34. The Morgan fingerprint density at radius 3 is 2.45 bits per heavy atom. The minimum Gasteiger partial charge on any atom is -0.314 e. The second-order valence-electron chi connectivity index (χ2n) is 6.74. The van der Waals surface area contributed by atoms with Crippen LogP contribution in [-0.4, -0.2) is 22.4 Å². The van der Waals surface area contributed by atoms with E-state index in [4.69, 9.17) is 0 Å². The van der Waals surface area contributed by atoms with Crippen LogP contribution in [0.1, 0.15) is 57.3 Å². The Hall–Kier alpha value is -0.350. The van der Waals surface area contributed by atoms with Crippen molar-refractivity contribution in [3.8, 4) is 0 Å². The standard InChI is InChI=1S/C16H28BrN3/c1-12(2)18-11-16(8-6-5-7-9-16)10-14-15(17)13(3)19-20(14)4/h12,18H,5-11H2,1-4H3. The normalized spacial score (nSPS) is 18.7. The van der Waals surface area contributed by atoms with E-state index in [1.54, 1.807) is 0 Å². The van der Waals surface area contributed by atoms with Gasteiger partial charge in [0.15, 0.2) is 0 Å². The molecule has 1 heterocycles. The molecule has 0 saturated heterocycles. The maximum absolute atomic E-state index is 4.55. The molecule has 4 heteroatoms. The molecule has 0 bridgehead atoms. The molecule has 3 nitrogen and oxygen atoms in total. The molecule has 1 fully saturated rings. The Labute approximate surface area is 131 Å². The van der Waals surface area contributed by atoms with Crippen molar-refractivity contribution in [2.45, 2.75) is 65.3 Å². The van der Waals surface area contributed by atoms with Gasteiger partial charge >= 0.3 is 0 Å². The lowest BCUT2D eigenvalue weighted by Gasteiger charge is -2.38. The molecule has 1 N–H and O–H groups in total. The fourth-order valence-corrected chi connectivity index (χ4v) is 3.84. The number of halogens is 1. The van der Waals surface area contributed by atoms with Crippen molar-refractivity contribution in [3.63, 3.8) is 0 Å². The number of nitrogens with zero attached hydrogens (tertiary/aromatic N) is 2. The van der Waals surface area contributed by atoms with E-state index in [2.05, 4.69) is 58.8 Å². The molecule has 0 aromatic carbocycles. The number of nitrogens with one attached hydrogen (secondary N) is 1. The molecule has 1 aliphatic rings. The Balaban J connectivity index is 2.18. The molecule has 1 aromatic heterocycles.